The standard InChI is InChI=1S/C49H85N8O14/c1-49(2,57-48(67)40(50)32-39-33-51-37-56-39)41(58)31-38(47(66)55-34-46(64)65)19-17-18-22-52-43(60)35-70-29-28-69-26-24-54-44(61)36-71-30-27-68-25-23-53-42(59)20-15-13-11-9-7-5-3-4-6-8-10-12-14-16-21-45(62)63/h33,37-38,40,50H,3-32,34-36H2,1-2H3,(H,51,56)(H,52,60)(H,53,59)(H,54,61)(H,55,66)(H,57,67)(H,62,63)(H,64,65)/t38-,40+/m1/s1. The van der Waals surface area contributed by atoms with Crippen LogP contribution in [-0.4, -0.2) is 158 Å². The molecule has 0 aliphatic heterocycles. The fraction of sp³-hybridized carbons (Fsp3) is 0.776. The summed E-state index contributed by atoms with van der Waals surface area (Å²) in [5.74, 6) is -5.25. The van der Waals surface area contributed by atoms with Crippen molar-refractivity contribution in [2.45, 2.75) is 160 Å². The maximum Gasteiger partial charge on any atom is 0.322 e. The number of carbonyl (C=O) groups is 8. The summed E-state index contributed by atoms with van der Waals surface area (Å²) < 4.78 is 21.6. The van der Waals surface area contributed by atoms with E-state index in [4.69, 9.17) is 34.9 Å². The van der Waals surface area contributed by atoms with Gasteiger partial charge >= 0.3 is 11.9 Å². The number of carbonyl (C=O) groups excluding carboxylic acids is 6. The number of ketones is 1. The summed E-state index contributed by atoms with van der Waals surface area (Å²) in [6.07, 6.45) is 20.5. The second-order valence-corrected chi connectivity index (χ2v) is 18.1. The summed E-state index contributed by atoms with van der Waals surface area (Å²) in [4.78, 5) is 103. The Morgan fingerprint density at radius 2 is 1.08 bits per heavy atom. The van der Waals surface area contributed by atoms with Crippen LogP contribution in [0.3, 0.4) is 0 Å². The number of hydrogen-bond acceptors (Lipinski definition) is 13. The van der Waals surface area contributed by atoms with Gasteiger partial charge in [0.2, 0.25) is 29.5 Å². The molecule has 0 aliphatic rings. The van der Waals surface area contributed by atoms with Crippen LogP contribution in [0.5, 0.6) is 0 Å². The number of nitrogens with zero attached hydrogens (tertiary/aromatic N) is 1. The number of imidazole rings is 1. The van der Waals surface area contributed by atoms with E-state index in [-0.39, 0.29) is 103 Å². The number of aromatic amines is 1. The summed E-state index contributed by atoms with van der Waals surface area (Å²) >= 11 is 0. The van der Waals surface area contributed by atoms with Crippen LogP contribution in [0.25, 0.3) is 0 Å². The second-order valence-electron chi connectivity index (χ2n) is 18.1. The number of ether oxygens (including phenoxy) is 4. The summed E-state index contributed by atoms with van der Waals surface area (Å²) in [5.41, 5.74) is 7.33. The van der Waals surface area contributed by atoms with Gasteiger partial charge in [-0.25, -0.2) is 10.7 Å². The highest BCUT2D eigenvalue weighted by molar-refractivity contribution is 5.96. The lowest BCUT2D eigenvalue weighted by Gasteiger charge is -2.28. The van der Waals surface area contributed by atoms with E-state index >= 15 is 0 Å². The normalized spacial score (nSPS) is 12.2. The SMILES string of the molecule is CC(C)(NC(=O)[C@@H]([NH])Cc1cnc[nH]1)C(=O)C[C@@H](CCCCNC(=O)COCCOCCNC(=O)COCCOCCNC(=O)CCCCCCCCCCCCCCCCC(=O)O)C(=O)NCC(=O)O. The Hall–Kier alpha value is -5.03. The van der Waals surface area contributed by atoms with Crippen molar-refractivity contribution in [3.05, 3.63) is 18.2 Å². The van der Waals surface area contributed by atoms with Gasteiger partial charge in [-0.3, -0.25) is 38.4 Å². The highest BCUT2D eigenvalue weighted by Crippen LogP contribution is 2.19. The summed E-state index contributed by atoms with van der Waals surface area (Å²) in [6, 6.07) is -1.20. The molecule has 1 rings (SSSR count). The largest absolute Gasteiger partial charge is 0.481 e. The number of Topliss-reactive ketones (excluding diaryl/α,β-unsaturated/α-hetero) is 1. The smallest absolute Gasteiger partial charge is 0.322 e. The first-order valence-corrected chi connectivity index (χ1v) is 25.5. The van der Waals surface area contributed by atoms with Crippen molar-refractivity contribution in [3.63, 3.8) is 0 Å². The molecule has 405 valence electrons. The van der Waals surface area contributed by atoms with Gasteiger partial charge in [0.15, 0.2) is 5.78 Å². The number of amides is 5. The van der Waals surface area contributed by atoms with Crippen molar-refractivity contribution in [2.75, 3.05) is 79.0 Å². The molecule has 0 bridgehead atoms. The third-order valence-corrected chi connectivity index (χ3v) is 11.3. The number of unbranched alkanes of at least 4 members (excludes halogenated alkanes) is 14. The number of rotatable bonds is 48. The number of aromatic nitrogens is 2. The van der Waals surface area contributed by atoms with Crippen LogP contribution >= 0.6 is 0 Å². The van der Waals surface area contributed by atoms with Gasteiger partial charge in [0.25, 0.3) is 0 Å². The van der Waals surface area contributed by atoms with E-state index in [2.05, 4.69) is 36.6 Å². The van der Waals surface area contributed by atoms with E-state index in [1.54, 1.807) is 0 Å². The minimum absolute atomic E-state index is 0.0196. The third-order valence-electron chi connectivity index (χ3n) is 11.3. The molecular weight excluding hydrogens is 925 g/mol. The Bertz CT molecular complexity index is 1650. The van der Waals surface area contributed by atoms with Crippen LogP contribution in [0.2, 0.25) is 0 Å². The van der Waals surface area contributed by atoms with Gasteiger partial charge in [0.1, 0.15) is 25.8 Å². The van der Waals surface area contributed by atoms with Gasteiger partial charge in [-0.2, -0.15) is 0 Å². The number of carboxylic acid groups (broad SMARTS) is 2. The Morgan fingerprint density at radius 1 is 0.592 bits per heavy atom. The molecular formula is C49H85N8O14. The summed E-state index contributed by atoms with van der Waals surface area (Å²) in [5, 5.41) is 30.8. The molecule has 1 heterocycles. The molecule has 22 heteroatoms. The lowest BCUT2D eigenvalue weighted by atomic mass is 9.87. The number of H-pyrrole nitrogens is 1. The first kappa shape index (κ1) is 64.0. The Morgan fingerprint density at radius 3 is 1.59 bits per heavy atom. The second kappa shape index (κ2) is 41.6. The maximum absolute atomic E-state index is 13.3. The molecule has 71 heavy (non-hydrogen) atoms. The van der Waals surface area contributed by atoms with E-state index in [0.29, 0.717) is 38.1 Å². The fourth-order valence-corrected chi connectivity index (χ4v) is 7.20. The van der Waals surface area contributed by atoms with Gasteiger partial charge in [-0.1, -0.05) is 83.5 Å². The molecule has 0 unspecified atom stereocenters. The van der Waals surface area contributed by atoms with Crippen molar-refractivity contribution in [1.29, 1.82) is 0 Å². The molecule has 9 N–H and O–H groups in total. The highest BCUT2D eigenvalue weighted by Gasteiger charge is 2.34. The number of carboxylic acids is 2. The quantitative estimate of drug-likeness (QED) is 0.0435. The Kier molecular flexibility index (Phi) is 37.5. The van der Waals surface area contributed by atoms with Gasteiger partial charge < -0.3 is 60.7 Å². The van der Waals surface area contributed by atoms with Gasteiger partial charge in [-0.15, -0.1) is 0 Å². The van der Waals surface area contributed by atoms with Gasteiger partial charge in [-0.05, 0) is 39.5 Å². The van der Waals surface area contributed by atoms with Gasteiger partial charge in [0.05, 0.1) is 51.5 Å². The average molecular weight is 1010 g/mol. The highest BCUT2D eigenvalue weighted by atomic mass is 16.5. The van der Waals surface area contributed by atoms with E-state index in [0.717, 1.165) is 38.5 Å². The van der Waals surface area contributed by atoms with Crippen molar-refractivity contribution in [3.8, 4) is 0 Å². The molecule has 2 atom stereocenters. The first-order chi connectivity index (χ1) is 34.1. The predicted octanol–water partition coefficient (Wildman–Crippen LogP) is 3.19. The molecule has 0 saturated carbocycles. The van der Waals surface area contributed by atoms with E-state index in [1.165, 1.54) is 77.7 Å². The van der Waals surface area contributed by atoms with Crippen LogP contribution in [-0.2, 0) is 63.7 Å². The molecule has 0 saturated heterocycles. The third kappa shape index (κ3) is 37.4. The van der Waals surface area contributed by atoms with Gasteiger partial charge in [0, 0.05) is 63.1 Å². The van der Waals surface area contributed by atoms with Crippen LogP contribution in [0.15, 0.2) is 12.5 Å². The van der Waals surface area contributed by atoms with Crippen molar-refractivity contribution in [1.82, 2.24) is 42.3 Å². The molecule has 1 aromatic heterocycles. The van der Waals surface area contributed by atoms with E-state index in [1.807, 2.05) is 0 Å². The van der Waals surface area contributed by atoms with Crippen LogP contribution in [0.1, 0.15) is 148 Å². The minimum atomic E-state index is -1.40. The lowest BCUT2D eigenvalue weighted by Crippen LogP contribution is -2.54. The fourth-order valence-electron chi connectivity index (χ4n) is 7.20. The minimum Gasteiger partial charge on any atom is -0.481 e. The maximum atomic E-state index is 13.3. The molecule has 1 radical (unpaired) electrons. The van der Waals surface area contributed by atoms with E-state index in [9.17, 15) is 38.4 Å². The summed E-state index contributed by atoms with van der Waals surface area (Å²) in [6.45, 7) is 4.35. The summed E-state index contributed by atoms with van der Waals surface area (Å²) in [7, 11) is 0. The predicted molar refractivity (Wildman–Crippen MR) is 263 cm³/mol. The Balaban J connectivity index is 2.01. The molecule has 0 aliphatic carbocycles. The van der Waals surface area contributed by atoms with Crippen LogP contribution < -0.4 is 32.3 Å². The topological polar surface area (TPSA) is 327 Å². The number of hydrogen-bond donors (Lipinski definition) is 8. The Labute approximate surface area is 419 Å². The van der Waals surface area contributed by atoms with E-state index < -0.39 is 53.6 Å². The molecule has 0 aromatic carbocycles. The molecule has 0 fully saturated rings. The monoisotopic (exact) mass is 1010 g/mol. The zero-order valence-electron chi connectivity index (χ0n) is 42.4. The molecule has 1 aromatic rings. The van der Waals surface area contributed by atoms with Crippen molar-refractivity contribution < 1.29 is 67.5 Å². The lowest BCUT2D eigenvalue weighted by molar-refractivity contribution is -0.139. The zero-order valence-corrected chi connectivity index (χ0v) is 42.4. The van der Waals surface area contributed by atoms with Crippen molar-refractivity contribution >= 4 is 47.3 Å². The zero-order chi connectivity index (χ0) is 52.4. The van der Waals surface area contributed by atoms with Crippen LogP contribution in [0.4, 0.5) is 0 Å². The molecule has 22 nitrogen and oxygen atoms in total. The average Bonchev–Trinajstić information content (AvgIpc) is 3.84. The number of nitrogens with one attached hydrogen (secondary N) is 7. The molecule has 0 spiro atoms. The molecule has 5 amide bonds. The number of aliphatic carboxylic acids is 2. The van der Waals surface area contributed by atoms with Crippen LogP contribution in [0, 0.1) is 5.92 Å². The first-order valence-electron chi connectivity index (χ1n) is 25.5. The van der Waals surface area contributed by atoms with Crippen molar-refractivity contribution in [2.24, 2.45) is 5.92 Å².